The van der Waals surface area contributed by atoms with Crippen molar-refractivity contribution in [3.05, 3.63) is 69.8 Å². The average molecular weight is 366 g/mol. The molecule has 8 heteroatoms. The van der Waals surface area contributed by atoms with Gasteiger partial charge in [-0.25, -0.2) is 0 Å². The van der Waals surface area contributed by atoms with E-state index in [1.54, 1.807) is 38.5 Å². The zero-order valence-corrected chi connectivity index (χ0v) is 14.9. The summed E-state index contributed by atoms with van der Waals surface area (Å²) in [7, 11) is 1.71. The number of hydrogen-bond acceptors (Lipinski definition) is 5. The number of aryl methyl sites for hydroxylation is 2. The molecule has 0 atom stereocenters. The van der Waals surface area contributed by atoms with E-state index in [2.05, 4.69) is 10.4 Å². The van der Waals surface area contributed by atoms with Crippen molar-refractivity contribution in [2.75, 3.05) is 12.1 Å². The first-order valence-corrected chi connectivity index (χ1v) is 8.41. The Bertz CT molecular complexity index is 1080. The smallest absolute Gasteiger partial charge is 0.263 e. The van der Waals surface area contributed by atoms with Gasteiger partial charge in [-0.05, 0) is 36.2 Å². The van der Waals surface area contributed by atoms with Gasteiger partial charge in [-0.2, -0.15) is 5.10 Å². The lowest BCUT2D eigenvalue weighted by atomic mass is 10.1. The van der Waals surface area contributed by atoms with Crippen molar-refractivity contribution >= 4 is 11.7 Å². The number of pyridine rings is 1. The van der Waals surface area contributed by atoms with Gasteiger partial charge in [-0.1, -0.05) is 6.07 Å². The number of rotatable bonds is 4. The molecule has 0 saturated carbocycles. The van der Waals surface area contributed by atoms with Crippen molar-refractivity contribution in [1.82, 2.24) is 14.3 Å². The highest BCUT2D eigenvalue weighted by atomic mass is 16.7. The molecule has 1 aliphatic rings. The number of anilines is 1. The van der Waals surface area contributed by atoms with Gasteiger partial charge in [-0.3, -0.25) is 14.3 Å². The van der Waals surface area contributed by atoms with E-state index in [1.165, 1.54) is 9.25 Å². The number of aromatic nitrogens is 3. The highest BCUT2D eigenvalue weighted by molar-refractivity contribution is 6.04. The van der Waals surface area contributed by atoms with Gasteiger partial charge < -0.3 is 19.4 Å². The summed E-state index contributed by atoms with van der Waals surface area (Å²) < 4.78 is 13.7. The van der Waals surface area contributed by atoms with Crippen molar-refractivity contribution in [1.29, 1.82) is 0 Å². The van der Waals surface area contributed by atoms with Crippen LogP contribution in [0.3, 0.4) is 0 Å². The quantitative estimate of drug-likeness (QED) is 0.762. The first-order valence-electron chi connectivity index (χ1n) is 8.41. The maximum atomic E-state index is 12.9. The van der Waals surface area contributed by atoms with Crippen LogP contribution < -0.4 is 20.3 Å². The number of fused-ring (bicyclic) bond motifs is 1. The van der Waals surface area contributed by atoms with Crippen molar-refractivity contribution in [3.8, 4) is 11.5 Å². The third kappa shape index (κ3) is 3.17. The summed E-state index contributed by atoms with van der Waals surface area (Å²) in [5, 5.41) is 6.73. The zero-order chi connectivity index (χ0) is 19.0. The molecule has 0 radical (unpaired) electrons. The summed E-state index contributed by atoms with van der Waals surface area (Å²) in [5.41, 5.74) is 1.25. The summed E-state index contributed by atoms with van der Waals surface area (Å²) >= 11 is 0. The predicted molar refractivity (Wildman–Crippen MR) is 98.3 cm³/mol. The molecule has 4 rings (SSSR count). The van der Waals surface area contributed by atoms with E-state index >= 15 is 0 Å². The Morgan fingerprint density at radius 2 is 2.04 bits per heavy atom. The van der Waals surface area contributed by atoms with Crippen LogP contribution in [0.2, 0.25) is 0 Å². The molecular weight excluding hydrogens is 348 g/mol. The summed E-state index contributed by atoms with van der Waals surface area (Å²) in [6.45, 7) is 2.26. The van der Waals surface area contributed by atoms with Crippen molar-refractivity contribution < 1.29 is 14.3 Å². The number of carbonyl (C=O) groups excluding carboxylic acids is 1. The second kappa shape index (κ2) is 6.64. The molecule has 3 aromatic rings. The van der Waals surface area contributed by atoms with Gasteiger partial charge in [0.25, 0.3) is 11.5 Å². The van der Waals surface area contributed by atoms with Crippen LogP contribution in [0.15, 0.2) is 47.5 Å². The number of nitrogens with one attached hydrogen (secondary N) is 1. The van der Waals surface area contributed by atoms with Crippen LogP contribution in [-0.2, 0) is 13.6 Å². The van der Waals surface area contributed by atoms with Gasteiger partial charge in [0.05, 0.1) is 12.7 Å². The molecule has 3 heterocycles. The molecule has 0 fully saturated rings. The monoisotopic (exact) mass is 366 g/mol. The van der Waals surface area contributed by atoms with Crippen LogP contribution in [0.1, 0.15) is 21.5 Å². The molecule has 0 spiro atoms. The number of amides is 1. The predicted octanol–water partition coefficient (Wildman–Crippen LogP) is 1.92. The number of hydrogen-bond donors (Lipinski definition) is 1. The Morgan fingerprint density at radius 3 is 2.81 bits per heavy atom. The second-order valence-corrected chi connectivity index (χ2v) is 6.29. The van der Waals surface area contributed by atoms with Crippen molar-refractivity contribution in [3.63, 3.8) is 0 Å². The van der Waals surface area contributed by atoms with Gasteiger partial charge in [0, 0.05) is 19.3 Å². The van der Waals surface area contributed by atoms with E-state index in [9.17, 15) is 9.59 Å². The van der Waals surface area contributed by atoms with Gasteiger partial charge in [0.2, 0.25) is 6.79 Å². The van der Waals surface area contributed by atoms with Crippen LogP contribution in [0.5, 0.6) is 11.5 Å². The standard InChI is InChI=1S/C19H18N4O4/c1-12-6-8-23(10-13-3-4-14-15(9-13)27-11-26-14)19(25)17(12)18(24)21-16-5-7-20-22(16)2/h3-9H,10-11H2,1-2H3,(H,21,24). The maximum Gasteiger partial charge on any atom is 0.263 e. The lowest BCUT2D eigenvalue weighted by Crippen LogP contribution is -2.30. The number of carbonyl (C=O) groups is 1. The van der Waals surface area contributed by atoms with Crippen LogP contribution >= 0.6 is 0 Å². The molecule has 1 N–H and O–H groups in total. The minimum absolute atomic E-state index is 0.111. The number of ether oxygens (including phenoxy) is 2. The van der Waals surface area contributed by atoms with E-state index in [4.69, 9.17) is 9.47 Å². The zero-order valence-electron chi connectivity index (χ0n) is 14.9. The fourth-order valence-corrected chi connectivity index (χ4v) is 2.98. The van der Waals surface area contributed by atoms with Crippen molar-refractivity contribution in [2.24, 2.45) is 7.05 Å². The molecule has 0 unspecified atom stereocenters. The first kappa shape index (κ1) is 16.9. The van der Waals surface area contributed by atoms with E-state index in [0.29, 0.717) is 29.4 Å². The minimum atomic E-state index is -0.457. The molecule has 8 nitrogen and oxygen atoms in total. The largest absolute Gasteiger partial charge is 0.454 e. The summed E-state index contributed by atoms with van der Waals surface area (Å²) in [4.78, 5) is 25.6. The first-order chi connectivity index (χ1) is 13.0. The SMILES string of the molecule is Cc1ccn(Cc2ccc3c(c2)OCO3)c(=O)c1C(=O)Nc1ccnn1C. The van der Waals surface area contributed by atoms with Crippen molar-refractivity contribution in [2.45, 2.75) is 13.5 Å². The molecule has 1 aromatic carbocycles. The molecule has 138 valence electrons. The number of nitrogens with zero attached hydrogens (tertiary/aromatic N) is 3. The fraction of sp³-hybridized carbons (Fsp3) is 0.211. The second-order valence-electron chi connectivity index (χ2n) is 6.29. The van der Waals surface area contributed by atoms with Crippen LogP contribution in [0, 0.1) is 6.92 Å². The van der Waals surface area contributed by atoms with Gasteiger partial charge >= 0.3 is 0 Å². The van der Waals surface area contributed by atoms with Crippen LogP contribution in [-0.4, -0.2) is 27.0 Å². The van der Waals surface area contributed by atoms with Crippen LogP contribution in [0.25, 0.3) is 0 Å². The molecule has 1 amide bonds. The molecule has 0 saturated heterocycles. The molecule has 2 aromatic heterocycles. The summed E-state index contributed by atoms with van der Waals surface area (Å²) in [6.07, 6.45) is 3.26. The highest BCUT2D eigenvalue weighted by Crippen LogP contribution is 2.32. The Morgan fingerprint density at radius 1 is 1.22 bits per heavy atom. The Labute approximate surface area is 155 Å². The average Bonchev–Trinajstić information content (AvgIpc) is 3.26. The molecule has 0 aliphatic carbocycles. The highest BCUT2D eigenvalue weighted by Gasteiger charge is 2.18. The van der Waals surface area contributed by atoms with E-state index < -0.39 is 5.91 Å². The number of benzene rings is 1. The van der Waals surface area contributed by atoms with Gasteiger partial charge in [0.1, 0.15) is 11.4 Å². The minimum Gasteiger partial charge on any atom is -0.454 e. The Kier molecular flexibility index (Phi) is 4.15. The molecule has 27 heavy (non-hydrogen) atoms. The molecule has 0 bridgehead atoms. The van der Waals surface area contributed by atoms with E-state index in [1.807, 2.05) is 18.2 Å². The van der Waals surface area contributed by atoms with E-state index in [0.717, 1.165) is 5.56 Å². The lowest BCUT2D eigenvalue weighted by Gasteiger charge is -2.12. The Balaban J connectivity index is 1.63. The van der Waals surface area contributed by atoms with Gasteiger partial charge in [0.15, 0.2) is 11.5 Å². The normalized spacial score (nSPS) is 12.2. The third-order valence-electron chi connectivity index (χ3n) is 4.45. The topological polar surface area (TPSA) is 87.4 Å². The van der Waals surface area contributed by atoms with Gasteiger partial charge in [-0.15, -0.1) is 0 Å². The molecular formula is C19H18N4O4. The lowest BCUT2D eigenvalue weighted by molar-refractivity contribution is 0.102. The summed E-state index contributed by atoms with van der Waals surface area (Å²) in [6, 6.07) is 8.94. The summed E-state index contributed by atoms with van der Waals surface area (Å²) in [5.74, 6) is 1.40. The third-order valence-corrected chi connectivity index (χ3v) is 4.45. The fourth-order valence-electron chi connectivity index (χ4n) is 2.98. The Hall–Kier alpha value is -3.55. The van der Waals surface area contributed by atoms with Crippen LogP contribution in [0.4, 0.5) is 5.82 Å². The van der Waals surface area contributed by atoms with E-state index in [-0.39, 0.29) is 17.9 Å². The molecule has 1 aliphatic heterocycles. The maximum absolute atomic E-state index is 12.9.